The number of phenols is 1. The standard InChI is InChI=1S/C15H17NOP.ClH.Ti/c1-11-7-8-13(17)15(9-11)18-14-6-4-3-5-12(14)10-16-2;;/h3-9,17-18H,10H2,1-2H3;1H;/q-1;;+2/p-1. The number of hydrogen-bond donors (Lipinski definition) is 1. The monoisotopic (exact) mass is 341 g/mol. The average molecular weight is 342 g/mol. The first-order valence-corrected chi connectivity index (χ1v) is 9.24. The molecule has 2 nitrogen and oxygen atoms in total. The Morgan fingerprint density at radius 2 is 1.85 bits per heavy atom. The molecule has 0 radical (unpaired) electrons. The van der Waals surface area contributed by atoms with Crippen LogP contribution in [-0.4, -0.2) is 12.2 Å². The molecule has 0 aromatic heterocycles. The van der Waals surface area contributed by atoms with Crippen molar-refractivity contribution in [3.8, 4) is 5.75 Å². The molecule has 104 valence electrons. The Bertz CT molecular complexity index is 551. The van der Waals surface area contributed by atoms with E-state index in [2.05, 4.69) is 26.8 Å². The number of aryl methyl sites for hydroxylation is 1. The molecule has 0 amide bonds. The summed E-state index contributed by atoms with van der Waals surface area (Å²) in [6.45, 7) is 2.77. The number of halogens is 1. The van der Waals surface area contributed by atoms with Crippen LogP contribution in [0, 0.1) is 6.92 Å². The molecule has 2 rings (SSSR count). The van der Waals surface area contributed by atoms with E-state index in [1.54, 1.807) is 6.07 Å². The summed E-state index contributed by atoms with van der Waals surface area (Å²) in [5.41, 5.74) is 2.41. The fourth-order valence-corrected chi connectivity index (χ4v) is 3.15. The van der Waals surface area contributed by atoms with Crippen LogP contribution in [0.5, 0.6) is 5.75 Å². The maximum absolute atomic E-state index is 9.90. The van der Waals surface area contributed by atoms with Gasteiger partial charge in [-0.2, -0.15) is 7.05 Å². The van der Waals surface area contributed by atoms with Crippen molar-refractivity contribution in [1.82, 2.24) is 0 Å². The first kappa shape index (κ1) is 17.7. The third-order valence-corrected chi connectivity index (χ3v) is 4.19. The molecule has 1 atom stereocenters. The summed E-state index contributed by atoms with van der Waals surface area (Å²) in [5.74, 6) is 0.377. The molecular formula is C15H17ClNOPTi. The van der Waals surface area contributed by atoms with E-state index in [0.29, 0.717) is 14.3 Å². The third-order valence-electron chi connectivity index (χ3n) is 2.77. The van der Waals surface area contributed by atoms with Gasteiger partial charge in [0, 0.05) is 5.30 Å². The molecule has 0 aliphatic heterocycles. The Balaban J connectivity index is 0.000000956. The molecule has 0 saturated heterocycles. The molecule has 0 bridgehead atoms. The van der Waals surface area contributed by atoms with E-state index in [1.165, 1.54) is 35.8 Å². The summed E-state index contributed by atoms with van der Waals surface area (Å²) < 4.78 is 0. The van der Waals surface area contributed by atoms with Crippen molar-refractivity contribution in [1.29, 1.82) is 0 Å². The Kier molecular flexibility index (Phi) is 8.44. The minimum atomic E-state index is 0.377. The SMILES string of the molecule is C[N-]Cc1ccccc1Pc1cc(C)ccc1O.[Cl][Ti+]. The molecule has 0 fully saturated rings. The van der Waals surface area contributed by atoms with Crippen LogP contribution in [0.4, 0.5) is 0 Å². The molecule has 0 heterocycles. The molecule has 5 heteroatoms. The number of hydrogen-bond acceptors (Lipinski definition) is 1. The van der Waals surface area contributed by atoms with Gasteiger partial charge >= 0.3 is 28.7 Å². The molecule has 0 spiro atoms. The molecule has 0 saturated carbocycles. The van der Waals surface area contributed by atoms with Crippen LogP contribution in [-0.2, 0) is 25.9 Å². The Hall–Kier alpha value is -0.366. The van der Waals surface area contributed by atoms with Gasteiger partial charge in [0.1, 0.15) is 5.75 Å². The number of benzene rings is 2. The topological polar surface area (TPSA) is 34.3 Å². The molecule has 2 aromatic rings. The van der Waals surface area contributed by atoms with Crippen LogP contribution in [0.15, 0.2) is 42.5 Å². The molecule has 1 unspecified atom stereocenters. The van der Waals surface area contributed by atoms with E-state index in [-0.39, 0.29) is 0 Å². The molecule has 1 N–H and O–H groups in total. The first-order valence-electron chi connectivity index (χ1n) is 6.09. The predicted molar refractivity (Wildman–Crippen MR) is 85.7 cm³/mol. The summed E-state index contributed by atoms with van der Waals surface area (Å²) in [6, 6.07) is 14.0. The van der Waals surface area contributed by atoms with E-state index >= 15 is 0 Å². The van der Waals surface area contributed by atoms with Gasteiger partial charge in [0.25, 0.3) is 0 Å². The molecule has 0 aliphatic carbocycles. The zero-order chi connectivity index (χ0) is 15.0. The van der Waals surface area contributed by atoms with Gasteiger partial charge < -0.3 is 10.4 Å². The van der Waals surface area contributed by atoms with Crippen molar-refractivity contribution in [2.75, 3.05) is 7.05 Å². The minimum absolute atomic E-state index is 0.377. The van der Waals surface area contributed by atoms with Crippen molar-refractivity contribution >= 4 is 28.5 Å². The van der Waals surface area contributed by atoms with Crippen molar-refractivity contribution in [3.05, 3.63) is 58.9 Å². The molecule has 20 heavy (non-hydrogen) atoms. The fourth-order valence-electron chi connectivity index (χ4n) is 1.85. The van der Waals surface area contributed by atoms with E-state index in [0.717, 1.165) is 11.8 Å². The van der Waals surface area contributed by atoms with Gasteiger partial charge in [-0.3, -0.25) is 0 Å². The quantitative estimate of drug-likeness (QED) is 0.670. The molecule has 2 aromatic carbocycles. The second kappa shape index (κ2) is 9.55. The van der Waals surface area contributed by atoms with Gasteiger partial charge in [0.05, 0.1) is 0 Å². The Morgan fingerprint density at radius 1 is 1.15 bits per heavy atom. The van der Waals surface area contributed by atoms with Crippen LogP contribution in [0.2, 0.25) is 0 Å². The third kappa shape index (κ3) is 5.20. The van der Waals surface area contributed by atoms with Gasteiger partial charge in [0.2, 0.25) is 0 Å². The second-order valence-corrected chi connectivity index (χ2v) is 5.60. The van der Waals surface area contributed by atoms with Crippen LogP contribution in [0.25, 0.3) is 5.32 Å². The molecular weight excluding hydrogens is 324 g/mol. The second-order valence-electron chi connectivity index (χ2n) is 4.28. The van der Waals surface area contributed by atoms with Crippen molar-refractivity contribution in [2.24, 2.45) is 0 Å². The zero-order valence-electron chi connectivity index (χ0n) is 11.5. The zero-order valence-corrected chi connectivity index (χ0v) is 14.8. The summed E-state index contributed by atoms with van der Waals surface area (Å²) in [6.07, 6.45) is 0. The van der Waals surface area contributed by atoms with Crippen LogP contribution in [0.1, 0.15) is 11.1 Å². The number of phenolic OH excluding ortho intramolecular Hbond substituents is 1. The Labute approximate surface area is 138 Å². The summed E-state index contributed by atoms with van der Waals surface area (Å²) in [5, 5.41) is 16.3. The number of aromatic hydroxyl groups is 1. The fraction of sp³-hybridized carbons (Fsp3) is 0.200. The average Bonchev–Trinajstić information content (AvgIpc) is 2.47. The predicted octanol–water partition coefficient (Wildman–Crippen LogP) is 3.52. The number of nitrogens with zero attached hydrogens (tertiary/aromatic N) is 1. The van der Waals surface area contributed by atoms with E-state index in [1.807, 2.05) is 38.2 Å². The summed E-state index contributed by atoms with van der Waals surface area (Å²) in [7, 11) is 6.93. The van der Waals surface area contributed by atoms with E-state index in [9.17, 15) is 5.11 Å². The van der Waals surface area contributed by atoms with Crippen molar-refractivity contribution in [2.45, 2.75) is 13.5 Å². The summed E-state index contributed by atoms with van der Waals surface area (Å²) >= 11 is 1.47. The maximum atomic E-state index is 9.90. The summed E-state index contributed by atoms with van der Waals surface area (Å²) in [4.78, 5) is 0. The molecule has 0 aliphatic rings. The van der Waals surface area contributed by atoms with Crippen LogP contribution >= 0.6 is 17.9 Å². The normalized spacial score (nSPS) is 10.3. The van der Waals surface area contributed by atoms with Gasteiger partial charge in [-0.1, -0.05) is 50.0 Å². The van der Waals surface area contributed by atoms with Crippen molar-refractivity contribution < 1.29 is 24.5 Å². The van der Waals surface area contributed by atoms with Crippen molar-refractivity contribution in [3.63, 3.8) is 0 Å². The van der Waals surface area contributed by atoms with Gasteiger partial charge in [-0.25, -0.2) is 0 Å². The van der Waals surface area contributed by atoms with Crippen LogP contribution < -0.4 is 10.6 Å². The van der Waals surface area contributed by atoms with Gasteiger partial charge in [-0.05, 0) is 24.4 Å². The van der Waals surface area contributed by atoms with Gasteiger partial charge in [0.15, 0.2) is 0 Å². The Morgan fingerprint density at radius 3 is 2.55 bits per heavy atom. The van der Waals surface area contributed by atoms with E-state index < -0.39 is 0 Å². The first-order chi connectivity index (χ1) is 9.70. The van der Waals surface area contributed by atoms with E-state index in [4.69, 9.17) is 0 Å². The number of rotatable bonds is 4. The van der Waals surface area contributed by atoms with Crippen LogP contribution in [0.3, 0.4) is 0 Å². The van der Waals surface area contributed by atoms with Gasteiger partial charge in [-0.15, -0.1) is 6.54 Å².